The van der Waals surface area contributed by atoms with Crippen molar-refractivity contribution >= 4 is 0 Å². The second kappa shape index (κ2) is 5.27. The van der Waals surface area contributed by atoms with Crippen LogP contribution in [0.3, 0.4) is 0 Å². The third-order valence-electron chi connectivity index (χ3n) is 3.85. The van der Waals surface area contributed by atoms with Crippen molar-refractivity contribution in [2.24, 2.45) is 17.6 Å². The van der Waals surface area contributed by atoms with Gasteiger partial charge in [0.2, 0.25) is 0 Å². The molecule has 4 atom stereocenters. The van der Waals surface area contributed by atoms with E-state index in [1.807, 2.05) is 6.07 Å². The predicted octanol–water partition coefficient (Wildman–Crippen LogP) is 3.27. The van der Waals surface area contributed by atoms with Gasteiger partial charge in [0.05, 0.1) is 0 Å². The van der Waals surface area contributed by atoms with Gasteiger partial charge in [-0.25, -0.2) is 4.39 Å². The molecule has 0 saturated heterocycles. The van der Waals surface area contributed by atoms with Crippen LogP contribution in [0.15, 0.2) is 18.2 Å². The van der Waals surface area contributed by atoms with Crippen molar-refractivity contribution in [3.05, 3.63) is 29.6 Å². The number of aryl methyl sites for hydroxylation is 1. The van der Waals surface area contributed by atoms with E-state index in [0.717, 1.165) is 12.8 Å². The summed E-state index contributed by atoms with van der Waals surface area (Å²) < 4.78 is 19.8. The smallest absolute Gasteiger partial charge is 0.167 e. The van der Waals surface area contributed by atoms with Crippen molar-refractivity contribution in [3.8, 4) is 5.75 Å². The third-order valence-corrected chi connectivity index (χ3v) is 3.85. The average Bonchev–Trinajstić information content (AvgIpc) is 2.28. The van der Waals surface area contributed by atoms with E-state index in [1.165, 1.54) is 0 Å². The molecule has 0 bridgehead atoms. The minimum Gasteiger partial charge on any atom is -0.485 e. The van der Waals surface area contributed by atoms with Crippen LogP contribution >= 0.6 is 0 Å². The molecule has 2 N–H and O–H groups in total. The first-order chi connectivity index (χ1) is 8.49. The fourth-order valence-corrected chi connectivity index (χ4v) is 2.95. The van der Waals surface area contributed by atoms with Gasteiger partial charge in [0.25, 0.3) is 0 Å². The highest BCUT2D eigenvalue weighted by Gasteiger charge is 2.33. The minimum atomic E-state index is -0.268. The molecule has 1 saturated carbocycles. The van der Waals surface area contributed by atoms with Crippen LogP contribution in [0.25, 0.3) is 0 Å². The first-order valence-electron chi connectivity index (χ1n) is 6.66. The Morgan fingerprint density at radius 1 is 1.28 bits per heavy atom. The van der Waals surface area contributed by atoms with E-state index in [4.69, 9.17) is 10.5 Å². The predicted molar refractivity (Wildman–Crippen MR) is 71.1 cm³/mol. The van der Waals surface area contributed by atoms with Gasteiger partial charge in [-0.2, -0.15) is 0 Å². The fourth-order valence-electron chi connectivity index (χ4n) is 2.95. The Morgan fingerprint density at radius 3 is 2.67 bits per heavy atom. The lowest BCUT2D eigenvalue weighted by atomic mass is 9.78. The van der Waals surface area contributed by atoms with Gasteiger partial charge in [-0.15, -0.1) is 0 Å². The molecule has 4 unspecified atom stereocenters. The standard InChI is InChI=1S/C15H22FNO/c1-9-7-11(3)15(12(17)8-9)18-13-6-4-5-10(2)14(13)16/h4-6,9,11-12,15H,7-8,17H2,1-3H3. The van der Waals surface area contributed by atoms with E-state index >= 15 is 0 Å². The quantitative estimate of drug-likeness (QED) is 0.875. The number of rotatable bonds is 2. The van der Waals surface area contributed by atoms with Gasteiger partial charge in [0, 0.05) is 6.04 Å². The molecular weight excluding hydrogens is 229 g/mol. The number of hydrogen-bond acceptors (Lipinski definition) is 2. The highest BCUT2D eigenvalue weighted by molar-refractivity contribution is 5.30. The van der Waals surface area contributed by atoms with E-state index in [0.29, 0.717) is 23.1 Å². The van der Waals surface area contributed by atoms with Crippen LogP contribution in [0.4, 0.5) is 4.39 Å². The maximum absolute atomic E-state index is 13.9. The maximum atomic E-state index is 13.9. The Kier molecular flexibility index (Phi) is 3.91. The number of hydrogen-bond donors (Lipinski definition) is 1. The molecule has 0 heterocycles. The molecule has 1 aromatic rings. The molecule has 0 amide bonds. The molecular formula is C15H22FNO. The largest absolute Gasteiger partial charge is 0.485 e. The van der Waals surface area contributed by atoms with Gasteiger partial charge < -0.3 is 10.5 Å². The number of benzene rings is 1. The molecule has 100 valence electrons. The summed E-state index contributed by atoms with van der Waals surface area (Å²) in [7, 11) is 0. The lowest BCUT2D eigenvalue weighted by Gasteiger charge is -2.37. The molecule has 1 aliphatic rings. The van der Waals surface area contributed by atoms with Gasteiger partial charge in [-0.3, -0.25) is 0 Å². The summed E-state index contributed by atoms with van der Waals surface area (Å²) in [5.74, 6) is 1.05. The zero-order chi connectivity index (χ0) is 13.3. The lowest BCUT2D eigenvalue weighted by molar-refractivity contribution is 0.0592. The Hall–Kier alpha value is -1.09. The second-order valence-corrected chi connectivity index (χ2v) is 5.69. The van der Waals surface area contributed by atoms with E-state index in [9.17, 15) is 4.39 Å². The van der Waals surface area contributed by atoms with Crippen molar-refractivity contribution in [3.63, 3.8) is 0 Å². The number of halogens is 1. The van der Waals surface area contributed by atoms with Gasteiger partial charge in [-0.1, -0.05) is 26.0 Å². The van der Waals surface area contributed by atoms with Crippen molar-refractivity contribution in [1.29, 1.82) is 0 Å². The summed E-state index contributed by atoms with van der Waals surface area (Å²) >= 11 is 0. The van der Waals surface area contributed by atoms with E-state index in [1.54, 1.807) is 19.1 Å². The third kappa shape index (κ3) is 2.66. The van der Waals surface area contributed by atoms with Gasteiger partial charge in [0.15, 0.2) is 11.6 Å². The van der Waals surface area contributed by atoms with Gasteiger partial charge in [0.1, 0.15) is 6.10 Å². The first-order valence-corrected chi connectivity index (χ1v) is 6.66. The van der Waals surface area contributed by atoms with Crippen LogP contribution in [-0.2, 0) is 0 Å². The second-order valence-electron chi connectivity index (χ2n) is 5.69. The van der Waals surface area contributed by atoms with E-state index in [-0.39, 0.29) is 18.0 Å². The molecule has 0 aromatic heterocycles. The Bertz CT molecular complexity index is 409. The van der Waals surface area contributed by atoms with Crippen LogP contribution in [-0.4, -0.2) is 12.1 Å². The summed E-state index contributed by atoms with van der Waals surface area (Å²) in [5.41, 5.74) is 6.76. The maximum Gasteiger partial charge on any atom is 0.167 e. The van der Waals surface area contributed by atoms with Gasteiger partial charge >= 0.3 is 0 Å². The van der Waals surface area contributed by atoms with Crippen LogP contribution in [0.5, 0.6) is 5.75 Å². The molecule has 3 heteroatoms. The molecule has 1 aliphatic carbocycles. The summed E-state index contributed by atoms with van der Waals surface area (Å²) in [5, 5.41) is 0. The molecule has 1 aromatic carbocycles. The normalized spacial score (nSPS) is 32.3. The van der Waals surface area contributed by atoms with E-state index in [2.05, 4.69) is 13.8 Å². The van der Waals surface area contributed by atoms with Gasteiger partial charge in [-0.05, 0) is 43.2 Å². The molecule has 0 radical (unpaired) electrons. The van der Waals surface area contributed by atoms with Crippen molar-refractivity contribution in [2.75, 3.05) is 0 Å². The summed E-state index contributed by atoms with van der Waals surface area (Å²) in [6.45, 7) is 6.09. The summed E-state index contributed by atoms with van der Waals surface area (Å²) in [6, 6.07) is 5.23. The number of nitrogens with two attached hydrogens (primary N) is 1. The van der Waals surface area contributed by atoms with Crippen LogP contribution in [0.1, 0.15) is 32.3 Å². The van der Waals surface area contributed by atoms with Crippen molar-refractivity contribution < 1.29 is 9.13 Å². The van der Waals surface area contributed by atoms with Crippen LogP contribution in [0, 0.1) is 24.6 Å². The van der Waals surface area contributed by atoms with Crippen molar-refractivity contribution in [2.45, 2.75) is 45.8 Å². The molecule has 2 rings (SSSR count). The number of ether oxygens (including phenoxy) is 1. The minimum absolute atomic E-state index is 0.0105. The fraction of sp³-hybridized carbons (Fsp3) is 0.600. The molecule has 0 aliphatic heterocycles. The van der Waals surface area contributed by atoms with Crippen LogP contribution in [0.2, 0.25) is 0 Å². The zero-order valence-electron chi connectivity index (χ0n) is 11.3. The SMILES string of the molecule is Cc1cccc(OC2C(C)CC(C)CC2N)c1F. The summed E-state index contributed by atoms with van der Waals surface area (Å²) in [6.07, 6.45) is 1.95. The Morgan fingerprint density at radius 2 is 2.00 bits per heavy atom. The van der Waals surface area contributed by atoms with E-state index < -0.39 is 0 Å². The highest BCUT2D eigenvalue weighted by atomic mass is 19.1. The topological polar surface area (TPSA) is 35.2 Å². The molecule has 0 spiro atoms. The Balaban J connectivity index is 2.15. The monoisotopic (exact) mass is 251 g/mol. The highest BCUT2D eigenvalue weighted by Crippen LogP contribution is 2.32. The molecule has 2 nitrogen and oxygen atoms in total. The van der Waals surface area contributed by atoms with Crippen molar-refractivity contribution in [1.82, 2.24) is 0 Å². The first kappa shape index (κ1) is 13.3. The Labute approximate surface area is 108 Å². The summed E-state index contributed by atoms with van der Waals surface area (Å²) in [4.78, 5) is 0. The lowest BCUT2D eigenvalue weighted by Crippen LogP contribution is -2.48. The average molecular weight is 251 g/mol. The zero-order valence-corrected chi connectivity index (χ0v) is 11.3. The molecule has 1 fully saturated rings. The molecule has 18 heavy (non-hydrogen) atoms. The van der Waals surface area contributed by atoms with Crippen LogP contribution < -0.4 is 10.5 Å².